The van der Waals surface area contributed by atoms with Gasteiger partial charge in [-0.3, -0.25) is 19.9 Å². The second-order valence-electron chi connectivity index (χ2n) is 9.02. The molecule has 0 unspecified atom stereocenters. The molecule has 1 saturated carbocycles. The number of carbonyl (C=O) groups is 3. The third-order valence-corrected chi connectivity index (χ3v) is 6.56. The minimum Gasteiger partial charge on any atom is -0.445 e. The zero-order valence-corrected chi connectivity index (χ0v) is 19.8. The lowest BCUT2D eigenvalue weighted by molar-refractivity contribution is -0.126. The number of carbonyl (C=O) groups excluding carboxylic acids is 3. The van der Waals surface area contributed by atoms with E-state index in [1.807, 2.05) is 62.4 Å². The highest BCUT2D eigenvalue weighted by molar-refractivity contribution is 6.14. The molecular formula is C27H31N3O4. The molecule has 4 rings (SSSR count). The summed E-state index contributed by atoms with van der Waals surface area (Å²) in [6.45, 7) is 3.78. The predicted octanol–water partition coefficient (Wildman–Crippen LogP) is 4.55. The largest absolute Gasteiger partial charge is 0.445 e. The van der Waals surface area contributed by atoms with E-state index in [4.69, 9.17) is 4.74 Å². The first-order valence-electron chi connectivity index (χ1n) is 11.9. The van der Waals surface area contributed by atoms with Crippen molar-refractivity contribution >= 4 is 29.2 Å². The van der Waals surface area contributed by atoms with E-state index in [1.165, 1.54) is 4.90 Å². The summed E-state index contributed by atoms with van der Waals surface area (Å²) >= 11 is 0. The molecule has 2 aromatic carbocycles. The van der Waals surface area contributed by atoms with Crippen LogP contribution in [0.3, 0.4) is 0 Å². The molecule has 7 nitrogen and oxygen atoms in total. The number of alkyl carbamates (subject to hydrolysis) is 1. The number of benzene rings is 2. The van der Waals surface area contributed by atoms with E-state index in [9.17, 15) is 14.4 Å². The van der Waals surface area contributed by atoms with Gasteiger partial charge in [-0.25, -0.2) is 4.79 Å². The number of Topliss-reactive ketones (excluding diaryl/α,β-unsaturated/α-hetero) is 1. The molecule has 34 heavy (non-hydrogen) atoms. The van der Waals surface area contributed by atoms with Crippen LogP contribution in [0.25, 0.3) is 0 Å². The SMILES string of the molecule is CC1=N[C@H](NC(=O)OCc2ccccc2)C(=O)N(CC(=O)C2CCCCC2)c2c(C)cccc21. The number of fused-ring (bicyclic) bond motifs is 1. The van der Waals surface area contributed by atoms with Crippen molar-refractivity contribution in [2.45, 2.75) is 58.7 Å². The fourth-order valence-corrected chi connectivity index (χ4v) is 4.72. The Kier molecular flexibility index (Phi) is 7.40. The summed E-state index contributed by atoms with van der Waals surface area (Å²) < 4.78 is 5.31. The van der Waals surface area contributed by atoms with Crippen molar-refractivity contribution < 1.29 is 19.1 Å². The van der Waals surface area contributed by atoms with Crippen LogP contribution in [-0.4, -0.2) is 36.2 Å². The number of para-hydroxylation sites is 1. The Morgan fingerprint density at radius 1 is 1.03 bits per heavy atom. The van der Waals surface area contributed by atoms with Crippen molar-refractivity contribution in [3.8, 4) is 0 Å². The topological polar surface area (TPSA) is 88.1 Å². The maximum atomic E-state index is 13.6. The summed E-state index contributed by atoms with van der Waals surface area (Å²) in [5, 5.41) is 2.60. The third kappa shape index (κ3) is 5.35. The average molecular weight is 462 g/mol. The molecule has 0 saturated heterocycles. The minimum absolute atomic E-state index is 0.0264. The number of anilines is 1. The van der Waals surface area contributed by atoms with Gasteiger partial charge in [0.1, 0.15) is 6.61 Å². The summed E-state index contributed by atoms with van der Waals surface area (Å²) in [6.07, 6.45) is 3.06. The van der Waals surface area contributed by atoms with Gasteiger partial charge >= 0.3 is 6.09 Å². The number of nitrogens with one attached hydrogen (secondary N) is 1. The lowest BCUT2D eigenvalue weighted by atomic mass is 9.86. The summed E-state index contributed by atoms with van der Waals surface area (Å²) in [6, 6.07) is 15.0. The fraction of sp³-hybridized carbons (Fsp3) is 0.407. The van der Waals surface area contributed by atoms with Gasteiger partial charge in [-0.1, -0.05) is 67.8 Å². The Morgan fingerprint density at radius 3 is 2.50 bits per heavy atom. The number of amides is 2. The Hall–Kier alpha value is -3.48. The monoisotopic (exact) mass is 461 g/mol. The fourth-order valence-electron chi connectivity index (χ4n) is 4.72. The predicted molar refractivity (Wildman–Crippen MR) is 131 cm³/mol. The standard InChI is InChI=1S/C27H31N3O4/c1-18-10-9-15-22-19(2)28-25(29-27(33)34-17-20-11-5-3-6-12-20)26(32)30(24(18)22)16-23(31)21-13-7-4-8-14-21/h3,5-6,9-12,15,21,25H,4,7-8,13-14,16-17H2,1-2H3,(H,29,33)/t25-/m1/s1. The van der Waals surface area contributed by atoms with Crippen LogP contribution in [0, 0.1) is 12.8 Å². The zero-order valence-electron chi connectivity index (χ0n) is 19.8. The van der Waals surface area contributed by atoms with Crippen molar-refractivity contribution in [2.24, 2.45) is 10.9 Å². The first-order valence-corrected chi connectivity index (χ1v) is 11.9. The zero-order chi connectivity index (χ0) is 24.1. The van der Waals surface area contributed by atoms with Gasteiger partial charge in [0, 0.05) is 17.2 Å². The maximum absolute atomic E-state index is 13.6. The van der Waals surface area contributed by atoms with Crippen molar-refractivity contribution in [3.63, 3.8) is 0 Å². The molecule has 0 bridgehead atoms. The van der Waals surface area contributed by atoms with Gasteiger partial charge in [0.2, 0.25) is 6.17 Å². The second-order valence-corrected chi connectivity index (χ2v) is 9.02. The summed E-state index contributed by atoms with van der Waals surface area (Å²) in [5.41, 5.74) is 3.80. The minimum atomic E-state index is -1.17. The highest BCUT2D eigenvalue weighted by atomic mass is 16.5. The number of hydrogen-bond acceptors (Lipinski definition) is 5. The number of aliphatic imine (C=N–C) groups is 1. The first kappa shape index (κ1) is 23.7. The van der Waals surface area contributed by atoms with Crippen molar-refractivity contribution in [2.75, 3.05) is 11.4 Å². The second kappa shape index (κ2) is 10.6. The van der Waals surface area contributed by atoms with Crippen LogP contribution in [0.5, 0.6) is 0 Å². The van der Waals surface area contributed by atoms with Gasteiger partial charge in [0.25, 0.3) is 5.91 Å². The smallest absolute Gasteiger partial charge is 0.409 e. The number of ether oxygens (including phenoxy) is 1. The molecular weight excluding hydrogens is 430 g/mol. The Bertz CT molecular complexity index is 1090. The Balaban J connectivity index is 1.56. The Labute approximate surface area is 200 Å². The highest BCUT2D eigenvalue weighted by Crippen LogP contribution is 2.31. The van der Waals surface area contributed by atoms with Crippen LogP contribution < -0.4 is 10.2 Å². The molecule has 0 aromatic heterocycles. The number of benzodiazepines with no additional fused rings is 1. The molecule has 1 N–H and O–H groups in total. The van der Waals surface area contributed by atoms with Crippen molar-refractivity contribution in [3.05, 3.63) is 65.2 Å². The highest BCUT2D eigenvalue weighted by Gasteiger charge is 2.35. The van der Waals surface area contributed by atoms with Crippen LogP contribution in [0.2, 0.25) is 0 Å². The van der Waals surface area contributed by atoms with E-state index in [0.717, 1.165) is 48.8 Å². The molecule has 2 amide bonds. The Morgan fingerprint density at radius 2 is 1.76 bits per heavy atom. The first-order chi connectivity index (χ1) is 16.4. The molecule has 2 aromatic rings. The van der Waals surface area contributed by atoms with E-state index in [-0.39, 0.29) is 24.9 Å². The van der Waals surface area contributed by atoms with E-state index < -0.39 is 18.2 Å². The van der Waals surface area contributed by atoms with Gasteiger partial charge in [0.15, 0.2) is 5.78 Å². The lowest BCUT2D eigenvalue weighted by Crippen LogP contribution is -2.49. The van der Waals surface area contributed by atoms with Crippen LogP contribution in [-0.2, 0) is 20.9 Å². The number of hydrogen-bond donors (Lipinski definition) is 1. The van der Waals surface area contributed by atoms with Crippen molar-refractivity contribution in [1.29, 1.82) is 0 Å². The molecule has 2 aliphatic rings. The van der Waals surface area contributed by atoms with Gasteiger partial charge in [-0.15, -0.1) is 0 Å². The van der Waals surface area contributed by atoms with Crippen LogP contribution in [0.4, 0.5) is 10.5 Å². The lowest BCUT2D eigenvalue weighted by Gasteiger charge is -2.29. The molecule has 7 heteroatoms. The summed E-state index contributed by atoms with van der Waals surface area (Å²) in [7, 11) is 0. The summed E-state index contributed by atoms with van der Waals surface area (Å²) in [4.78, 5) is 45.3. The molecule has 0 spiro atoms. The van der Waals surface area contributed by atoms with Gasteiger partial charge < -0.3 is 9.64 Å². The quantitative estimate of drug-likeness (QED) is 0.683. The van der Waals surface area contributed by atoms with Gasteiger partial charge in [-0.05, 0) is 37.8 Å². The van der Waals surface area contributed by atoms with E-state index >= 15 is 0 Å². The number of rotatable bonds is 6. The normalized spacial score (nSPS) is 18.5. The number of ketones is 1. The van der Waals surface area contributed by atoms with Crippen LogP contribution in [0.1, 0.15) is 55.7 Å². The van der Waals surface area contributed by atoms with E-state index in [0.29, 0.717) is 11.4 Å². The van der Waals surface area contributed by atoms with Crippen molar-refractivity contribution in [1.82, 2.24) is 5.32 Å². The molecule has 1 aliphatic heterocycles. The molecule has 1 fully saturated rings. The number of nitrogens with zero attached hydrogens (tertiary/aromatic N) is 2. The average Bonchev–Trinajstić information content (AvgIpc) is 2.95. The summed E-state index contributed by atoms with van der Waals surface area (Å²) in [5.74, 6) is -0.401. The van der Waals surface area contributed by atoms with E-state index in [1.54, 1.807) is 0 Å². The molecule has 1 atom stereocenters. The van der Waals surface area contributed by atoms with Gasteiger partial charge in [0.05, 0.1) is 12.2 Å². The van der Waals surface area contributed by atoms with Crippen LogP contribution >= 0.6 is 0 Å². The molecule has 1 aliphatic carbocycles. The maximum Gasteiger partial charge on any atom is 0.409 e. The van der Waals surface area contributed by atoms with Gasteiger partial charge in [-0.2, -0.15) is 0 Å². The molecule has 0 radical (unpaired) electrons. The molecule has 1 heterocycles. The van der Waals surface area contributed by atoms with E-state index in [2.05, 4.69) is 10.3 Å². The third-order valence-electron chi connectivity index (χ3n) is 6.56. The number of aryl methyl sites for hydroxylation is 1. The molecule has 178 valence electrons. The van der Waals surface area contributed by atoms with Crippen LogP contribution in [0.15, 0.2) is 53.5 Å².